The second kappa shape index (κ2) is 6.22. The Morgan fingerprint density at radius 1 is 1.16 bits per heavy atom. The highest BCUT2D eigenvalue weighted by Gasteiger charge is 2.33. The largest absolute Gasteiger partial charge is 0.464 e. The summed E-state index contributed by atoms with van der Waals surface area (Å²) in [5.41, 5.74) is -0.150. The number of hydrogen-bond donors (Lipinski definition) is 0. The number of para-hydroxylation sites is 1. The van der Waals surface area contributed by atoms with E-state index in [1.807, 2.05) is 31.2 Å². The molecule has 0 saturated carbocycles. The molecule has 1 amide bonds. The molecule has 0 spiro atoms. The van der Waals surface area contributed by atoms with Gasteiger partial charge in [-0.2, -0.15) is 0 Å². The molecule has 1 saturated heterocycles. The van der Waals surface area contributed by atoms with Gasteiger partial charge < -0.3 is 18.5 Å². The smallest absolute Gasteiger partial charge is 0.349 e. The highest BCUT2D eigenvalue weighted by atomic mass is 16.5. The number of benzene rings is 1. The predicted molar refractivity (Wildman–Crippen MR) is 90.5 cm³/mol. The summed E-state index contributed by atoms with van der Waals surface area (Å²) in [4.78, 5) is 26.9. The van der Waals surface area contributed by atoms with Crippen molar-refractivity contribution in [3.63, 3.8) is 0 Å². The summed E-state index contributed by atoms with van der Waals surface area (Å²) in [5, 5.41) is 0.712. The van der Waals surface area contributed by atoms with Gasteiger partial charge in [0.15, 0.2) is 0 Å². The van der Waals surface area contributed by atoms with Crippen molar-refractivity contribution < 1.29 is 18.4 Å². The van der Waals surface area contributed by atoms with Crippen molar-refractivity contribution in [2.24, 2.45) is 0 Å². The van der Waals surface area contributed by atoms with Crippen LogP contribution in [0.4, 0.5) is 0 Å². The van der Waals surface area contributed by atoms with Crippen LogP contribution in [0.3, 0.4) is 0 Å². The van der Waals surface area contributed by atoms with Crippen LogP contribution in [0.15, 0.2) is 56.1 Å². The van der Waals surface area contributed by atoms with Gasteiger partial charge in [-0.3, -0.25) is 4.79 Å². The lowest BCUT2D eigenvalue weighted by Crippen LogP contribution is -2.44. The number of amides is 1. The van der Waals surface area contributed by atoms with E-state index < -0.39 is 5.63 Å². The van der Waals surface area contributed by atoms with E-state index in [1.54, 1.807) is 23.1 Å². The van der Waals surface area contributed by atoms with E-state index in [0.29, 0.717) is 36.5 Å². The van der Waals surface area contributed by atoms with E-state index in [-0.39, 0.29) is 17.5 Å². The number of rotatable bonds is 2. The van der Waals surface area contributed by atoms with E-state index in [9.17, 15) is 9.59 Å². The van der Waals surface area contributed by atoms with Crippen LogP contribution in [0, 0.1) is 6.92 Å². The van der Waals surface area contributed by atoms with Gasteiger partial charge in [-0.1, -0.05) is 18.2 Å². The lowest BCUT2D eigenvalue weighted by molar-refractivity contribution is -0.00914. The molecule has 0 radical (unpaired) electrons. The molecule has 0 bridgehead atoms. The second-order valence-electron chi connectivity index (χ2n) is 6.02. The zero-order chi connectivity index (χ0) is 17.4. The molecule has 0 aliphatic carbocycles. The number of carbonyl (C=O) groups is 1. The number of morpholine rings is 1. The molecular weight excluding hydrogens is 322 g/mol. The second-order valence-corrected chi connectivity index (χ2v) is 6.02. The highest BCUT2D eigenvalue weighted by Crippen LogP contribution is 2.27. The summed E-state index contributed by atoms with van der Waals surface area (Å²) >= 11 is 0. The molecule has 6 heteroatoms. The molecule has 25 heavy (non-hydrogen) atoms. The van der Waals surface area contributed by atoms with Crippen molar-refractivity contribution in [3.05, 3.63) is 70.0 Å². The average molecular weight is 339 g/mol. The zero-order valence-corrected chi connectivity index (χ0v) is 13.7. The average Bonchev–Trinajstić information content (AvgIpc) is 3.07. The quantitative estimate of drug-likeness (QED) is 0.671. The third-order valence-corrected chi connectivity index (χ3v) is 4.35. The first-order valence-corrected chi connectivity index (χ1v) is 8.11. The Labute approximate surface area is 143 Å². The maximum absolute atomic E-state index is 13.0. The number of ether oxygens (including phenoxy) is 1. The van der Waals surface area contributed by atoms with Crippen molar-refractivity contribution in [1.29, 1.82) is 0 Å². The van der Waals surface area contributed by atoms with E-state index in [2.05, 4.69) is 0 Å². The molecule has 1 unspecified atom stereocenters. The molecule has 1 atom stereocenters. The van der Waals surface area contributed by atoms with Gasteiger partial charge in [0.1, 0.15) is 28.7 Å². The lowest BCUT2D eigenvalue weighted by atomic mass is 10.1. The SMILES string of the molecule is Cc1ccc(C2COCCN2C(=O)c2cc3ccccc3oc2=O)o1. The number of hydrogen-bond acceptors (Lipinski definition) is 5. The fourth-order valence-corrected chi connectivity index (χ4v) is 3.08. The van der Waals surface area contributed by atoms with Crippen LogP contribution in [0.2, 0.25) is 0 Å². The standard InChI is InChI=1S/C19H17NO5/c1-12-6-7-17(24-12)15-11-23-9-8-20(15)18(21)14-10-13-4-2-3-5-16(13)25-19(14)22/h2-7,10,15H,8-9,11H2,1H3. The summed E-state index contributed by atoms with van der Waals surface area (Å²) in [5.74, 6) is 1.04. The van der Waals surface area contributed by atoms with Crippen LogP contribution >= 0.6 is 0 Å². The Hall–Kier alpha value is -2.86. The van der Waals surface area contributed by atoms with Gasteiger partial charge in [0.2, 0.25) is 0 Å². The Bertz CT molecular complexity index is 987. The minimum Gasteiger partial charge on any atom is -0.464 e. The summed E-state index contributed by atoms with van der Waals surface area (Å²) in [6.07, 6.45) is 0. The summed E-state index contributed by atoms with van der Waals surface area (Å²) < 4.78 is 16.5. The van der Waals surface area contributed by atoms with E-state index in [0.717, 1.165) is 5.76 Å². The number of fused-ring (bicyclic) bond motifs is 1. The summed E-state index contributed by atoms with van der Waals surface area (Å²) in [6, 6.07) is 12.0. The number of nitrogens with zero attached hydrogens (tertiary/aromatic N) is 1. The minimum atomic E-state index is -0.635. The molecule has 3 aromatic rings. The van der Waals surface area contributed by atoms with Crippen LogP contribution in [0.1, 0.15) is 27.9 Å². The number of carbonyl (C=O) groups excluding carboxylic acids is 1. The topological polar surface area (TPSA) is 72.9 Å². The molecule has 1 aliphatic rings. The molecular formula is C19H17NO5. The fourth-order valence-electron chi connectivity index (χ4n) is 3.08. The molecule has 1 aliphatic heterocycles. The maximum Gasteiger partial charge on any atom is 0.349 e. The molecule has 0 N–H and O–H groups in total. The van der Waals surface area contributed by atoms with Crippen LogP contribution in [0.25, 0.3) is 11.0 Å². The third kappa shape index (κ3) is 2.85. The van der Waals surface area contributed by atoms with Gasteiger partial charge in [0.05, 0.1) is 13.2 Å². The third-order valence-electron chi connectivity index (χ3n) is 4.35. The van der Waals surface area contributed by atoms with E-state index in [1.165, 1.54) is 0 Å². The first-order valence-electron chi connectivity index (χ1n) is 8.11. The molecule has 128 valence electrons. The normalized spacial score (nSPS) is 17.8. The highest BCUT2D eigenvalue weighted by molar-refractivity contribution is 5.96. The minimum absolute atomic E-state index is 0.0221. The van der Waals surface area contributed by atoms with Crippen LogP contribution in [-0.4, -0.2) is 30.6 Å². The Kier molecular flexibility index (Phi) is 3.89. The molecule has 3 heterocycles. The van der Waals surface area contributed by atoms with E-state index >= 15 is 0 Å². The molecule has 4 rings (SSSR count). The van der Waals surface area contributed by atoms with Crippen molar-refractivity contribution in [2.75, 3.05) is 19.8 Å². The first-order chi connectivity index (χ1) is 12.1. The van der Waals surface area contributed by atoms with Crippen LogP contribution in [-0.2, 0) is 4.74 Å². The molecule has 2 aromatic heterocycles. The van der Waals surface area contributed by atoms with Gasteiger partial charge in [-0.15, -0.1) is 0 Å². The summed E-state index contributed by atoms with van der Waals surface area (Å²) in [6.45, 7) is 2.98. The van der Waals surface area contributed by atoms with Crippen molar-refractivity contribution in [3.8, 4) is 0 Å². The monoisotopic (exact) mass is 339 g/mol. The Balaban J connectivity index is 1.73. The Morgan fingerprint density at radius 2 is 2.00 bits per heavy atom. The van der Waals surface area contributed by atoms with Gasteiger partial charge in [0, 0.05) is 11.9 Å². The van der Waals surface area contributed by atoms with E-state index in [4.69, 9.17) is 13.6 Å². The molecule has 1 fully saturated rings. The van der Waals surface area contributed by atoms with Crippen molar-refractivity contribution >= 4 is 16.9 Å². The number of furan rings is 1. The van der Waals surface area contributed by atoms with Gasteiger partial charge in [0.25, 0.3) is 5.91 Å². The fraction of sp³-hybridized carbons (Fsp3) is 0.263. The van der Waals surface area contributed by atoms with Gasteiger partial charge in [-0.25, -0.2) is 4.79 Å². The van der Waals surface area contributed by atoms with Gasteiger partial charge >= 0.3 is 5.63 Å². The molecule has 6 nitrogen and oxygen atoms in total. The zero-order valence-electron chi connectivity index (χ0n) is 13.7. The lowest BCUT2D eigenvalue weighted by Gasteiger charge is -2.34. The van der Waals surface area contributed by atoms with Crippen molar-refractivity contribution in [1.82, 2.24) is 4.90 Å². The van der Waals surface area contributed by atoms with Gasteiger partial charge in [-0.05, 0) is 31.2 Å². The molecule has 1 aromatic carbocycles. The summed E-state index contributed by atoms with van der Waals surface area (Å²) in [7, 11) is 0. The predicted octanol–water partition coefficient (Wildman–Crippen LogP) is 2.91. The van der Waals surface area contributed by atoms with Crippen LogP contribution < -0.4 is 5.63 Å². The van der Waals surface area contributed by atoms with Crippen LogP contribution in [0.5, 0.6) is 0 Å². The number of aryl methyl sites for hydroxylation is 1. The first kappa shape index (κ1) is 15.7. The Morgan fingerprint density at radius 3 is 2.80 bits per heavy atom. The van der Waals surface area contributed by atoms with Crippen molar-refractivity contribution in [2.45, 2.75) is 13.0 Å². The maximum atomic E-state index is 13.0.